The number of benzene rings is 1. The minimum absolute atomic E-state index is 0.333. The molecule has 0 saturated heterocycles. The summed E-state index contributed by atoms with van der Waals surface area (Å²) in [6.07, 6.45) is 0.857. The van der Waals surface area contributed by atoms with Crippen molar-refractivity contribution in [3.05, 3.63) is 29.3 Å². The summed E-state index contributed by atoms with van der Waals surface area (Å²) in [6.45, 7) is 5.47. The topological polar surface area (TPSA) is 119 Å². The van der Waals surface area contributed by atoms with Crippen LogP contribution in [0.5, 0.6) is 0 Å². The van der Waals surface area contributed by atoms with E-state index in [4.69, 9.17) is 17.5 Å². The van der Waals surface area contributed by atoms with E-state index in [0.717, 1.165) is 0 Å². The number of carboxylic acids is 1. The lowest BCUT2D eigenvalue weighted by Crippen LogP contribution is -2.48. The van der Waals surface area contributed by atoms with Crippen molar-refractivity contribution in [2.24, 2.45) is 40.4 Å². The summed E-state index contributed by atoms with van der Waals surface area (Å²) in [4.78, 5) is 42.7. The Bertz CT molecular complexity index is 831. The number of hydrogen-bond acceptors (Lipinski definition) is 5. The quantitative estimate of drug-likeness (QED) is 0.622. The van der Waals surface area contributed by atoms with Gasteiger partial charge >= 0.3 is 11.9 Å². The first-order valence-electron chi connectivity index (χ1n) is 9.41. The predicted molar refractivity (Wildman–Crippen MR) is 103 cm³/mol. The van der Waals surface area contributed by atoms with Gasteiger partial charge in [-0.05, 0) is 30.4 Å². The highest BCUT2D eigenvalue weighted by Crippen LogP contribution is 2.81. The van der Waals surface area contributed by atoms with Crippen LogP contribution in [-0.2, 0) is 19.2 Å². The second-order valence-electron chi connectivity index (χ2n) is 7.86. The van der Waals surface area contributed by atoms with E-state index in [0.29, 0.717) is 23.6 Å². The highest BCUT2D eigenvalue weighted by Gasteiger charge is 2.86. The average molecular weight is 409 g/mol. The van der Waals surface area contributed by atoms with Gasteiger partial charge in [-0.1, -0.05) is 50.9 Å². The number of rotatable bonds is 6. The third kappa shape index (κ3) is 2.49. The molecule has 2 saturated carbocycles. The van der Waals surface area contributed by atoms with Crippen molar-refractivity contribution < 1.29 is 24.3 Å². The number of hydrogen-bond donors (Lipinski definition) is 3. The van der Waals surface area contributed by atoms with E-state index in [1.54, 1.807) is 31.2 Å². The predicted octanol–water partition coefficient (Wildman–Crippen LogP) is 3.08. The maximum atomic E-state index is 13.3. The fraction of sp³-hybridized carbons (Fsp3) is 0.550. The second kappa shape index (κ2) is 7.04. The van der Waals surface area contributed by atoms with Crippen molar-refractivity contribution >= 4 is 35.1 Å². The zero-order chi connectivity index (χ0) is 20.9. The van der Waals surface area contributed by atoms with Gasteiger partial charge < -0.3 is 15.3 Å². The molecule has 1 amide bonds. The van der Waals surface area contributed by atoms with E-state index < -0.39 is 40.5 Å². The molecule has 0 spiro atoms. The van der Waals surface area contributed by atoms with E-state index in [1.165, 1.54) is 0 Å². The molecule has 0 heterocycles. The summed E-state index contributed by atoms with van der Waals surface area (Å²) >= 11 is 6.16. The minimum atomic E-state index is -1.13. The molecule has 0 bridgehead atoms. The Balaban J connectivity index is 2.06. The van der Waals surface area contributed by atoms with Crippen LogP contribution < -0.4 is 11.2 Å². The summed E-state index contributed by atoms with van der Waals surface area (Å²) < 4.78 is 0. The SMILES string of the molecule is CCC1C(C(=O)Nc2ccccc2Cl)C2C(C(=O)O)C2(C)C1(CC)C(=O)ON. The molecular weight excluding hydrogens is 384 g/mol. The molecule has 6 unspecified atom stereocenters. The Morgan fingerprint density at radius 1 is 1.29 bits per heavy atom. The van der Waals surface area contributed by atoms with Crippen molar-refractivity contribution in [1.29, 1.82) is 0 Å². The van der Waals surface area contributed by atoms with Crippen LogP contribution in [0.3, 0.4) is 0 Å². The molecule has 8 heteroatoms. The smallest absolute Gasteiger partial charge is 0.331 e. The molecule has 2 aliphatic carbocycles. The van der Waals surface area contributed by atoms with Crippen LogP contribution >= 0.6 is 11.6 Å². The molecule has 2 fully saturated rings. The number of nitrogens with two attached hydrogens (primary N) is 1. The van der Waals surface area contributed by atoms with Gasteiger partial charge in [-0.25, -0.2) is 4.79 Å². The van der Waals surface area contributed by atoms with Gasteiger partial charge in [0.25, 0.3) is 0 Å². The van der Waals surface area contributed by atoms with Crippen molar-refractivity contribution in [2.75, 3.05) is 5.32 Å². The number of para-hydroxylation sites is 1. The first kappa shape index (κ1) is 20.6. The largest absolute Gasteiger partial charge is 0.481 e. The molecule has 1 aromatic carbocycles. The molecule has 0 aromatic heterocycles. The molecule has 0 aliphatic heterocycles. The first-order valence-corrected chi connectivity index (χ1v) is 9.79. The number of halogens is 1. The average Bonchev–Trinajstić information content (AvgIpc) is 3.22. The number of anilines is 1. The van der Waals surface area contributed by atoms with Crippen molar-refractivity contribution in [3.8, 4) is 0 Å². The van der Waals surface area contributed by atoms with Gasteiger partial charge in [-0.15, -0.1) is 0 Å². The van der Waals surface area contributed by atoms with Crippen molar-refractivity contribution in [1.82, 2.24) is 0 Å². The molecule has 3 rings (SSSR count). The molecule has 1 aromatic rings. The number of carboxylic acid groups (broad SMARTS) is 1. The van der Waals surface area contributed by atoms with Gasteiger partial charge in [-0.2, -0.15) is 5.90 Å². The monoisotopic (exact) mass is 408 g/mol. The first-order chi connectivity index (χ1) is 13.2. The van der Waals surface area contributed by atoms with Gasteiger partial charge in [0.15, 0.2) is 0 Å². The van der Waals surface area contributed by atoms with Crippen LogP contribution in [-0.4, -0.2) is 23.0 Å². The molecular formula is C20H25ClN2O5. The van der Waals surface area contributed by atoms with Gasteiger partial charge in [0.2, 0.25) is 5.91 Å². The Morgan fingerprint density at radius 2 is 1.93 bits per heavy atom. The Morgan fingerprint density at radius 3 is 2.43 bits per heavy atom. The van der Waals surface area contributed by atoms with Crippen LogP contribution in [0.4, 0.5) is 5.69 Å². The molecule has 6 atom stereocenters. The molecule has 4 N–H and O–H groups in total. The lowest BCUT2D eigenvalue weighted by atomic mass is 9.62. The summed E-state index contributed by atoms with van der Waals surface area (Å²) in [5.74, 6) is 0.914. The van der Waals surface area contributed by atoms with Gasteiger partial charge in [0, 0.05) is 11.3 Å². The van der Waals surface area contributed by atoms with E-state index >= 15 is 0 Å². The zero-order valence-corrected chi connectivity index (χ0v) is 16.8. The highest BCUT2D eigenvalue weighted by molar-refractivity contribution is 6.33. The maximum absolute atomic E-state index is 13.3. The lowest BCUT2D eigenvalue weighted by molar-refractivity contribution is -0.168. The number of aliphatic carboxylic acids is 1. The summed E-state index contributed by atoms with van der Waals surface area (Å²) in [5, 5.41) is 13.0. The van der Waals surface area contributed by atoms with Gasteiger partial charge in [-0.3, -0.25) is 9.59 Å². The normalized spacial score (nSPS) is 35.8. The van der Waals surface area contributed by atoms with Gasteiger partial charge in [0.05, 0.1) is 22.0 Å². The van der Waals surface area contributed by atoms with Crippen LogP contribution in [0.2, 0.25) is 5.02 Å². The van der Waals surface area contributed by atoms with E-state index in [-0.39, 0.29) is 11.8 Å². The fourth-order valence-electron chi connectivity index (χ4n) is 6.06. The van der Waals surface area contributed by atoms with E-state index in [1.807, 2.05) is 13.8 Å². The summed E-state index contributed by atoms with van der Waals surface area (Å²) in [7, 11) is 0. The summed E-state index contributed by atoms with van der Waals surface area (Å²) in [6, 6.07) is 6.84. The standard InChI is InChI=1S/C20H25ClN2O5/c1-4-10-13(16(24)23-12-9-7-6-8-11(12)21)14-15(17(25)26)19(14,3)20(10,5-2)18(27)28-22/h6-10,13-15H,4-5,22H2,1-3H3,(H,23,24)(H,25,26). The van der Waals surface area contributed by atoms with E-state index in [2.05, 4.69) is 10.2 Å². The number of fused-ring (bicyclic) bond motifs is 1. The Labute approximate surface area is 168 Å². The Hall–Kier alpha value is -2.12. The van der Waals surface area contributed by atoms with Crippen LogP contribution in [0.25, 0.3) is 0 Å². The molecule has 28 heavy (non-hydrogen) atoms. The number of carbonyl (C=O) groups excluding carboxylic acids is 2. The fourth-order valence-corrected chi connectivity index (χ4v) is 6.24. The minimum Gasteiger partial charge on any atom is -0.481 e. The van der Waals surface area contributed by atoms with E-state index in [9.17, 15) is 19.5 Å². The summed E-state index contributed by atoms with van der Waals surface area (Å²) in [5.41, 5.74) is -1.58. The van der Waals surface area contributed by atoms with Crippen LogP contribution in [0.1, 0.15) is 33.6 Å². The van der Waals surface area contributed by atoms with Gasteiger partial charge in [0.1, 0.15) is 0 Å². The highest BCUT2D eigenvalue weighted by atomic mass is 35.5. The molecule has 2 aliphatic rings. The second-order valence-corrected chi connectivity index (χ2v) is 8.27. The Kier molecular flexibility index (Phi) is 5.18. The zero-order valence-electron chi connectivity index (χ0n) is 16.1. The number of amides is 1. The number of nitrogens with one attached hydrogen (secondary N) is 1. The van der Waals surface area contributed by atoms with Crippen LogP contribution in [0.15, 0.2) is 24.3 Å². The van der Waals surface area contributed by atoms with Crippen molar-refractivity contribution in [2.45, 2.75) is 33.6 Å². The van der Waals surface area contributed by atoms with Crippen molar-refractivity contribution in [3.63, 3.8) is 0 Å². The maximum Gasteiger partial charge on any atom is 0.331 e. The molecule has 7 nitrogen and oxygen atoms in total. The number of carbonyl (C=O) groups is 3. The third-order valence-corrected chi connectivity index (χ3v) is 7.50. The molecule has 0 radical (unpaired) electrons. The third-order valence-electron chi connectivity index (χ3n) is 7.17. The molecule has 152 valence electrons. The lowest BCUT2D eigenvalue weighted by Gasteiger charge is -2.40. The van der Waals surface area contributed by atoms with Crippen LogP contribution in [0, 0.1) is 34.5 Å².